The number of ether oxygens (including phenoxy) is 1. The number of rotatable bonds is 5. The van der Waals surface area contributed by atoms with E-state index in [-0.39, 0.29) is 12.0 Å². The van der Waals surface area contributed by atoms with Crippen LogP contribution in [-0.2, 0) is 0 Å². The number of hydrogen-bond donors (Lipinski definition) is 0. The number of allylic oxidation sites excluding steroid dienone is 2. The molecular weight excluding hydrogens is 1140 g/mol. The van der Waals surface area contributed by atoms with Gasteiger partial charge in [-0.05, 0) is 126 Å². The minimum absolute atomic E-state index is 0.0368. The summed E-state index contributed by atoms with van der Waals surface area (Å²) in [5, 5.41) is 11.3. The Morgan fingerprint density at radius 2 is 1.03 bits per heavy atom. The standard InChI is InChI=1S/C72H36N8O6S2/c1-5-13-50-39(9-1)61-41-11-3-7-15-52(41)81-67(61)79(50)59-28-24-49-66(76-59)78-34-60(88-72(78)75-49)80-51-14-6-2-10-40(51)62-43-21-17-36(32-57(43)82-68(62)80)35-18-25-54-44(29-35)64-45-30-37(19-26-55(45)86-70(64)85-54)47-22-23-48-65(73-47)77-33-58(87-71(77)74-48)38-20-27-56-46(31-38)63-42-12-4-8-16-53(42)83-69(63)84-56/h1-34,42,53H. The van der Waals surface area contributed by atoms with Gasteiger partial charge in [-0.1, -0.05) is 108 Å². The second kappa shape index (κ2) is 16.3. The molecule has 0 amide bonds. The average Bonchev–Trinajstić information content (AvgIpc) is 1.68. The SMILES string of the molecule is C1=CC2Oc3oc4ccc(-c5cn6c(nc7ccc(-c8ccc9oc%10oc%11ccc(-c%12ccc%13c(c%12)oc%12c%13c%13ccccc%13n%12-c%12cn%13c(nc%14ccc(-n%15c%16ccccc%16c%16c%17ccccc%17oc%16%15)nc%14%13)s%12)cc%11c%10c9c8)nc76)s5)cc4c3C2C=C1. The molecule has 0 N–H and O–H groups in total. The van der Waals surface area contributed by atoms with Gasteiger partial charge in [-0.15, -0.1) is 0 Å². The van der Waals surface area contributed by atoms with Crippen LogP contribution in [0.5, 0.6) is 5.95 Å². The van der Waals surface area contributed by atoms with Crippen LogP contribution in [0, 0.1) is 0 Å². The van der Waals surface area contributed by atoms with Crippen LogP contribution < -0.4 is 4.74 Å². The fourth-order valence-corrected chi connectivity index (χ4v) is 16.2. The van der Waals surface area contributed by atoms with Crippen molar-refractivity contribution in [2.24, 2.45) is 0 Å². The van der Waals surface area contributed by atoms with Crippen molar-refractivity contribution in [3.8, 4) is 49.6 Å². The summed E-state index contributed by atoms with van der Waals surface area (Å²) in [5.74, 6) is 1.97. The molecule has 0 saturated heterocycles. The molecule has 20 aromatic rings. The third-order valence-corrected chi connectivity index (χ3v) is 20.2. The number of aromatic nitrogens is 8. The molecule has 14 nitrogen and oxygen atoms in total. The van der Waals surface area contributed by atoms with Crippen LogP contribution in [-0.4, -0.2) is 44.0 Å². The number of furan rings is 5. The Kier molecular flexibility index (Phi) is 8.50. The van der Waals surface area contributed by atoms with E-state index in [9.17, 15) is 0 Å². The highest BCUT2D eigenvalue weighted by molar-refractivity contribution is 7.20. The monoisotopic (exact) mass is 1170 g/mol. The van der Waals surface area contributed by atoms with E-state index in [1.807, 2.05) is 54.6 Å². The third-order valence-electron chi connectivity index (χ3n) is 18.2. The van der Waals surface area contributed by atoms with Crippen molar-refractivity contribution >= 4 is 165 Å². The normalized spacial score (nSPS) is 15.3. The van der Waals surface area contributed by atoms with Gasteiger partial charge in [-0.2, -0.15) is 0 Å². The maximum atomic E-state index is 7.02. The maximum absolute atomic E-state index is 7.02. The van der Waals surface area contributed by atoms with Gasteiger partial charge in [-0.3, -0.25) is 17.9 Å². The summed E-state index contributed by atoms with van der Waals surface area (Å²) in [6, 6.07) is 58.7. The highest BCUT2D eigenvalue weighted by Crippen LogP contribution is 2.50. The Balaban J connectivity index is 0.618. The number of imidazole rings is 2. The number of para-hydroxylation sites is 3. The topological polar surface area (TPSA) is 145 Å². The first-order chi connectivity index (χ1) is 43.5. The highest BCUT2D eigenvalue weighted by atomic mass is 32.1. The van der Waals surface area contributed by atoms with Gasteiger partial charge in [0, 0.05) is 55.7 Å². The van der Waals surface area contributed by atoms with Crippen LogP contribution in [0.15, 0.2) is 229 Å². The van der Waals surface area contributed by atoms with Crippen molar-refractivity contribution in [2.75, 3.05) is 0 Å². The van der Waals surface area contributed by atoms with Gasteiger partial charge < -0.3 is 26.8 Å². The van der Waals surface area contributed by atoms with Crippen molar-refractivity contribution in [3.05, 3.63) is 212 Å². The van der Waals surface area contributed by atoms with Gasteiger partial charge >= 0.3 is 0 Å². The summed E-state index contributed by atoms with van der Waals surface area (Å²) < 4.78 is 47.3. The Labute approximate surface area is 500 Å². The molecule has 0 saturated carbocycles. The van der Waals surface area contributed by atoms with Crippen LogP contribution in [0.25, 0.3) is 186 Å². The molecule has 1 aliphatic heterocycles. The number of nitrogens with zero attached hydrogens (tertiary/aromatic N) is 8. The first-order valence-corrected chi connectivity index (χ1v) is 30.6. The average molecular weight is 1170 g/mol. The number of hydrogen-bond acceptors (Lipinski definition) is 12. The molecule has 2 aliphatic rings. The number of fused-ring (bicyclic) bond motifs is 26. The predicted octanol–water partition coefficient (Wildman–Crippen LogP) is 19.3. The molecule has 412 valence electrons. The minimum Gasteiger partial charge on any atom is -0.456 e. The first kappa shape index (κ1) is 45.9. The molecule has 13 aromatic heterocycles. The van der Waals surface area contributed by atoms with E-state index in [1.165, 1.54) is 0 Å². The second-order valence-corrected chi connectivity index (χ2v) is 24.9. The van der Waals surface area contributed by atoms with Gasteiger partial charge in [0.05, 0.1) is 49.2 Å². The molecule has 14 heterocycles. The second-order valence-electron chi connectivity index (χ2n) is 22.9. The van der Waals surface area contributed by atoms with Crippen molar-refractivity contribution in [1.82, 2.24) is 37.9 Å². The molecule has 16 heteroatoms. The van der Waals surface area contributed by atoms with E-state index in [2.05, 4.69) is 170 Å². The van der Waals surface area contributed by atoms with E-state index < -0.39 is 0 Å². The molecule has 0 spiro atoms. The lowest BCUT2D eigenvalue weighted by Crippen LogP contribution is -2.16. The van der Waals surface area contributed by atoms with Gasteiger partial charge in [0.25, 0.3) is 11.7 Å². The van der Waals surface area contributed by atoms with Gasteiger partial charge in [0.15, 0.2) is 21.2 Å². The zero-order valence-electron chi connectivity index (χ0n) is 45.6. The Morgan fingerprint density at radius 3 is 1.88 bits per heavy atom. The fraction of sp³-hybridized carbons (Fsp3) is 0.0278. The van der Waals surface area contributed by atoms with Crippen LogP contribution in [0.1, 0.15) is 11.5 Å². The molecule has 1 aliphatic carbocycles. The summed E-state index contributed by atoms with van der Waals surface area (Å²) >= 11 is 3.24. The van der Waals surface area contributed by atoms with Crippen molar-refractivity contribution in [1.29, 1.82) is 0 Å². The summed E-state index contributed by atoms with van der Waals surface area (Å²) in [7, 11) is 0. The smallest absolute Gasteiger partial charge is 0.299 e. The number of pyridine rings is 2. The van der Waals surface area contributed by atoms with Gasteiger partial charge in [0.1, 0.15) is 55.9 Å². The maximum Gasteiger partial charge on any atom is 0.299 e. The van der Waals surface area contributed by atoms with Crippen LogP contribution >= 0.6 is 22.7 Å². The molecule has 0 fully saturated rings. The van der Waals surface area contributed by atoms with Crippen LogP contribution in [0.2, 0.25) is 0 Å². The van der Waals surface area contributed by atoms with E-state index in [0.29, 0.717) is 11.7 Å². The van der Waals surface area contributed by atoms with Gasteiger partial charge in [0.2, 0.25) is 11.4 Å². The molecule has 2 unspecified atom stereocenters. The Morgan fingerprint density at radius 1 is 0.420 bits per heavy atom. The predicted molar refractivity (Wildman–Crippen MR) is 347 cm³/mol. The summed E-state index contributed by atoms with van der Waals surface area (Å²) in [4.78, 5) is 23.5. The number of benzene rings is 7. The summed E-state index contributed by atoms with van der Waals surface area (Å²) in [6.45, 7) is 0. The highest BCUT2D eigenvalue weighted by Gasteiger charge is 2.37. The van der Waals surface area contributed by atoms with Crippen molar-refractivity contribution in [3.63, 3.8) is 0 Å². The quantitative estimate of drug-likeness (QED) is 0.163. The molecule has 22 rings (SSSR count). The lowest BCUT2D eigenvalue weighted by Gasteiger charge is -2.14. The molecule has 0 radical (unpaired) electrons. The Hall–Kier alpha value is -11.5. The van der Waals surface area contributed by atoms with E-state index in [1.54, 1.807) is 22.7 Å². The molecule has 88 heavy (non-hydrogen) atoms. The van der Waals surface area contributed by atoms with E-state index in [4.69, 9.17) is 46.8 Å². The lowest BCUT2D eigenvalue weighted by atomic mass is 9.91. The number of thiazole rings is 2. The minimum atomic E-state index is -0.0368. The zero-order valence-corrected chi connectivity index (χ0v) is 47.3. The Bertz CT molecular complexity index is 6600. The van der Waals surface area contributed by atoms with Gasteiger partial charge in [-0.25, -0.2) is 19.9 Å². The molecular formula is C72H36N8O6S2. The summed E-state index contributed by atoms with van der Waals surface area (Å²) in [5.41, 5.74) is 16.7. The first-order valence-electron chi connectivity index (χ1n) is 29.0. The summed E-state index contributed by atoms with van der Waals surface area (Å²) in [6.07, 6.45) is 12.6. The fourth-order valence-electron chi connectivity index (χ4n) is 14.2. The molecule has 7 aromatic carbocycles. The zero-order chi connectivity index (χ0) is 56.8. The van der Waals surface area contributed by atoms with Crippen molar-refractivity contribution in [2.45, 2.75) is 12.0 Å². The lowest BCUT2D eigenvalue weighted by molar-refractivity contribution is 0.219. The van der Waals surface area contributed by atoms with Crippen molar-refractivity contribution < 1.29 is 26.8 Å². The molecule has 2 atom stereocenters. The molecule has 0 bridgehead atoms. The van der Waals surface area contributed by atoms with E-state index in [0.717, 1.165) is 186 Å². The third kappa shape index (κ3) is 6.03. The van der Waals surface area contributed by atoms with Crippen LogP contribution in [0.3, 0.4) is 0 Å². The largest absolute Gasteiger partial charge is 0.456 e. The van der Waals surface area contributed by atoms with Crippen LogP contribution in [0.4, 0.5) is 0 Å². The van der Waals surface area contributed by atoms with E-state index >= 15 is 0 Å².